The lowest BCUT2D eigenvalue weighted by Gasteiger charge is -2.19. The molecule has 0 atom stereocenters. The van der Waals surface area contributed by atoms with Crippen LogP contribution < -0.4 is 5.32 Å². The van der Waals surface area contributed by atoms with Crippen LogP contribution in [0.25, 0.3) is 16.9 Å². The molecule has 2 aromatic heterocycles. The van der Waals surface area contributed by atoms with Crippen LogP contribution in [0.1, 0.15) is 39.2 Å². The maximum absolute atomic E-state index is 12.1. The number of nitrogens with one attached hydrogen (secondary N) is 1. The first-order chi connectivity index (χ1) is 13.7. The van der Waals surface area contributed by atoms with Crippen molar-refractivity contribution in [1.29, 1.82) is 5.26 Å². The molecule has 0 aliphatic heterocycles. The Morgan fingerprint density at radius 2 is 1.90 bits per heavy atom. The monoisotopic (exact) mass is 390 g/mol. The van der Waals surface area contributed by atoms with Crippen LogP contribution in [0, 0.1) is 11.3 Å². The van der Waals surface area contributed by atoms with Gasteiger partial charge in [0.1, 0.15) is 11.2 Å². The van der Waals surface area contributed by atoms with Crippen molar-refractivity contribution in [1.82, 2.24) is 9.38 Å². The molecule has 0 bridgehead atoms. The van der Waals surface area contributed by atoms with Gasteiger partial charge < -0.3 is 14.5 Å². The lowest BCUT2D eigenvalue weighted by Crippen LogP contribution is -2.24. The van der Waals surface area contributed by atoms with Crippen LogP contribution in [0.15, 0.2) is 48.8 Å². The summed E-state index contributed by atoms with van der Waals surface area (Å²) in [6, 6.07) is 12.8. The summed E-state index contributed by atoms with van der Waals surface area (Å²) in [6.45, 7) is 5.37. The van der Waals surface area contributed by atoms with Crippen molar-refractivity contribution in [2.45, 2.75) is 39.2 Å². The van der Waals surface area contributed by atoms with Gasteiger partial charge in [0.05, 0.1) is 23.7 Å². The first-order valence-corrected chi connectivity index (χ1v) is 9.24. The molecule has 0 radical (unpaired) electrons. The van der Waals surface area contributed by atoms with Crippen LogP contribution in [-0.4, -0.2) is 26.9 Å². The first-order valence-electron chi connectivity index (χ1n) is 9.24. The minimum absolute atomic E-state index is 0.0254. The third-order valence-electron chi connectivity index (χ3n) is 4.03. The Morgan fingerprint density at radius 3 is 2.55 bits per heavy atom. The van der Waals surface area contributed by atoms with E-state index in [1.54, 1.807) is 51.2 Å². The van der Waals surface area contributed by atoms with E-state index in [4.69, 9.17) is 10.00 Å². The molecule has 7 nitrogen and oxygen atoms in total. The van der Waals surface area contributed by atoms with Gasteiger partial charge in [-0.25, -0.2) is 4.98 Å². The van der Waals surface area contributed by atoms with Crippen LogP contribution >= 0.6 is 0 Å². The summed E-state index contributed by atoms with van der Waals surface area (Å²) in [5.74, 6) is -0.664. The average molecular weight is 390 g/mol. The van der Waals surface area contributed by atoms with E-state index >= 15 is 0 Å². The minimum atomic E-state index is -0.564. The summed E-state index contributed by atoms with van der Waals surface area (Å²) in [4.78, 5) is 28.4. The van der Waals surface area contributed by atoms with Crippen LogP contribution in [0.5, 0.6) is 0 Å². The zero-order chi connectivity index (χ0) is 21.0. The number of fused-ring (bicyclic) bond motifs is 1. The van der Waals surface area contributed by atoms with Gasteiger partial charge in [0.15, 0.2) is 0 Å². The average Bonchev–Trinajstić information content (AvgIpc) is 3.08. The highest BCUT2D eigenvalue weighted by Crippen LogP contribution is 2.21. The van der Waals surface area contributed by atoms with Crippen molar-refractivity contribution in [3.63, 3.8) is 0 Å². The number of carbonyl (C=O) groups is 2. The Bertz CT molecular complexity index is 1090. The fourth-order valence-corrected chi connectivity index (χ4v) is 2.75. The zero-order valence-electron chi connectivity index (χ0n) is 16.6. The Balaban J connectivity index is 1.66. The normalized spacial score (nSPS) is 11.1. The van der Waals surface area contributed by atoms with Crippen LogP contribution in [0.4, 0.5) is 5.69 Å². The number of ether oxygens (including phenoxy) is 1. The van der Waals surface area contributed by atoms with E-state index in [0.29, 0.717) is 16.9 Å². The number of anilines is 1. The largest absolute Gasteiger partial charge is 0.460 e. The van der Waals surface area contributed by atoms with Gasteiger partial charge in [0.25, 0.3) is 0 Å². The van der Waals surface area contributed by atoms with Gasteiger partial charge in [-0.2, -0.15) is 5.26 Å². The summed E-state index contributed by atoms with van der Waals surface area (Å²) in [5.41, 5.74) is 2.97. The SMILES string of the molecule is CC(C)(C)OC(=O)CCC(=O)Nc1ccn2cc(-c3ccc(C#N)cc3)nc2c1. The molecule has 0 fully saturated rings. The fourth-order valence-electron chi connectivity index (χ4n) is 2.75. The first kappa shape index (κ1) is 20.1. The van der Waals surface area contributed by atoms with Gasteiger partial charge in [-0.1, -0.05) is 12.1 Å². The second-order valence-corrected chi connectivity index (χ2v) is 7.63. The van der Waals surface area contributed by atoms with Crippen LogP contribution in [-0.2, 0) is 14.3 Å². The van der Waals surface area contributed by atoms with Crippen molar-refractivity contribution >= 4 is 23.2 Å². The lowest BCUT2D eigenvalue weighted by molar-refractivity contribution is -0.155. The maximum atomic E-state index is 12.1. The van der Waals surface area contributed by atoms with Crippen LogP contribution in [0.2, 0.25) is 0 Å². The maximum Gasteiger partial charge on any atom is 0.306 e. The Morgan fingerprint density at radius 1 is 1.17 bits per heavy atom. The Labute approximate surface area is 168 Å². The second-order valence-electron chi connectivity index (χ2n) is 7.63. The van der Waals surface area contributed by atoms with Gasteiger partial charge in [-0.3, -0.25) is 9.59 Å². The predicted octanol–water partition coefficient (Wildman–Crippen LogP) is 3.93. The molecule has 148 valence electrons. The standard InChI is InChI=1S/C22H22N4O3/c1-22(2,3)29-21(28)9-8-20(27)24-17-10-11-26-14-18(25-19(26)12-17)16-6-4-15(13-23)5-7-16/h4-7,10-12,14H,8-9H2,1-3H3,(H,24,27). The quantitative estimate of drug-likeness (QED) is 0.666. The lowest BCUT2D eigenvalue weighted by atomic mass is 10.1. The van der Waals surface area contributed by atoms with E-state index in [1.807, 2.05) is 22.7 Å². The molecule has 2 heterocycles. The fraction of sp³-hybridized carbons (Fsp3) is 0.273. The number of benzene rings is 1. The number of carbonyl (C=O) groups excluding carboxylic acids is 2. The number of nitrogens with zero attached hydrogens (tertiary/aromatic N) is 3. The number of amides is 1. The van der Waals surface area contributed by atoms with Crippen molar-refractivity contribution in [2.75, 3.05) is 5.32 Å². The number of aromatic nitrogens is 2. The third-order valence-corrected chi connectivity index (χ3v) is 4.03. The molecule has 0 unspecified atom stereocenters. The molecule has 0 saturated carbocycles. The molecule has 3 aromatic rings. The molecular formula is C22H22N4O3. The molecule has 29 heavy (non-hydrogen) atoms. The number of rotatable bonds is 5. The van der Waals surface area contributed by atoms with E-state index in [0.717, 1.165) is 11.3 Å². The Kier molecular flexibility index (Phi) is 5.64. The third kappa shape index (κ3) is 5.42. The number of esters is 1. The van der Waals surface area contributed by atoms with Crippen molar-refractivity contribution in [2.24, 2.45) is 0 Å². The van der Waals surface area contributed by atoms with Crippen molar-refractivity contribution in [3.05, 3.63) is 54.4 Å². The topological polar surface area (TPSA) is 96.5 Å². The van der Waals surface area contributed by atoms with Gasteiger partial charge in [-0.15, -0.1) is 0 Å². The molecule has 1 amide bonds. The highest BCUT2D eigenvalue weighted by Gasteiger charge is 2.17. The summed E-state index contributed by atoms with van der Waals surface area (Å²) in [7, 11) is 0. The summed E-state index contributed by atoms with van der Waals surface area (Å²) < 4.78 is 7.06. The Hall–Kier alpha value is -3.66. The van der Waals surface area contributed by atoms with E-state index < -0.39 is 11.6 Å². The number of pyridine rings is 1. The molecule has 0 aliphatic rings. The smallest absolute Gasteiger partial charge is 0.306 e. The second kappa shape index (κ2) is 8.15. The van der Waals surface area contributed by atoms with Gasteiger partial charge in [0.2, 0.25) is 5.91 Å². The minimum Gasteiger partial charge on any atom is -0.460 e. The molecule has 1 aromatic carbocycles. The molecule has 7 heteroatoms. The van der Waals surface area contributed by atoms with E-state index in [-0.39, 0.29) is 18.7 Å². The molecular weight excluding hydrogens is 368 g/mol. The molecule has 0 aliphatic carbocycles. The molecule has 0 saturated heterocycles. The highest BCUT2D eigenvalue weighted by atomic mass is 16.6. The molecule has 0 spiro atoms. The van der Waals surface area contributed by atoms with Gasteiger partial charge in [-0.05, 0) is 39.0 Å². The summed E-state index contributed by atoms with van der Waals surface area (Å²) in [6.07, 6.45) is 3.76. The van der Waals surface area contributed by atoms with Gasteiger partial charge in [0, 0.05) is 36.1 Å². The van der Waals surface area contributed by atoms with Crippen molar-refractivity contribution in [3.8, 4) is 17.3 Å². The number of hydrogen-bond donors (Lipinski definition) is 1. The van der Waals surface area contributed by atoms with Gasteiger partial charge >= 0.3 is 5.97 Å². The van der Waals surface area contributed by atoms with E-state index in [1.165, 1.54) is 0 Å². The predicted molar refractivity (Wildman–Crippen MR) is 109 cm³/mol. The number of nitriles is 1. The van der Waals surface area contributed by atoms with E-state index in [2.05, 4.69) is 16.4 Å². The number of imidazole rings is 1. The van der Waals surface area contributed by atoms with Crippen molar-refractivity contribution < 1.29 is 14.3 Å². The van der Waals surface area contributed by atoms with E-state index in [9.17, 15) is 9.59 Å². The zero-order valence-corrected chi connectivity index (χ0v) is 16.6. The summed E-state index contributed by atoms with van der Waals surface area (Å²) >= 11 is 0. The summed E-state index contributed by atoms with van der Waals surface area (Å²) in [5, 5.41) is 11.7. The molecule has 1 N–H and O–H groups in total. The van der Waals surface area contributed by atoms with Crippen LogP contribution in [0.3, 0.4) is 0 Å². The molecule has 3 rings (SSSR count). The number of hydrogen-bond acceptors (Lipinski definition) is 5. The highest BCUT2D eigenvalue weighted by molar-refractivity contribution is 5.93.